The van der Waals surface area contributed by atoms with E-state index in [9.17, 15) is 4.79 Å². The van der Waals surface area contributed by atoms with Gasteiger partial charge in [-0.05, 0) is 18.2 Å². The lowest BCUT2D eigenvalue weighted by Crippen LogP contribution is -2.51. The summed E-state index contributed by atoms with van der Waals surface area (Å²) < 4.78 is 0. The molecule has 2 aliphatic rings. The van der Waals surface area contributed by atoms with Gasteiger partial charge in [0, 0.05) is 47.5 Å². The minimum atomic E-state index is 0.0563. The number of aliphatic imine (C=N–C) groups is 1. The van der Waals surface area contributed by atoms with E-state index in [-0.39, 0.29) is 11.8 Å². The minimum Gasteiger partial charge on any atom is -0.353 e. The van der Waals surface area contributed by atoms with Gasteiger partial charge in [-0.2, -0.15) is 0 Å². The van der Waals surface area contributed by atoms with Gasteiger partial charge in [-0.3, -0.25) is 4.79 Å². The third kappa shape index (κ3) is 3.23. The number of piperazine rings is 1. The fourth-order valence-corrected chi connectivity index (χ4v) is 4.43. The summed E-state index contributed by atoms with van der Waals surface area (Å²) in [6.45, 7) is 7.08. The molecular formula is C21H23N3OS. The maximum Gasteiger partial charge on any atom is 0.225 e. The van der Waals surface area contributed by atoms with E-state index in [1.54, 1.807) is 11.8 Å². The van der Waals surface area contributed by atoms with Crippen molar-refractivity contribution in [2.75, 3.05) is 26.2 Å². The van der Waals surface area contributed by atoms with Crippen molar-refractivity contribution in [2.24, 2.45) is 10.9 Å². The highest BCUT2D eigenvalue weighted by Crippen LogP contribution is 2.40. The third-order valence-electron chi connectivity index (χ3n) is 4.82. The number of hydrogen-bond acceptors (Lipinski definition) is 4. The number of carbonyl (C=O) groups is 1. The summed E-state index contributed by atoms with van der Waals surface area (Å²) in [4.78, 5) is 24.0. The number of fused-ring (bicyclic) bond motifs is 2. The molecule has 0 bridgehead atoms. The first-order valence-electron chi connectivity index (χ1n) is 9.12. The zero-order chi connectivity index (χ0) is 18.1. The highest BCUT2D eigenvalue weighted by Gasteiger charge is 2.27. The zero-order valence-electron chi connectivity index (χ0n) is 15.2. The molecule has 0 aliphatic carbocycles. The Morgan fingerprint density at radius 1 is 0.962 bits per heavy atom. The molecule has 0 saturated carbocycles. The molecule has 2 aliphatic heterocycles. The van der Waals surface area contributed by atoms with Gasteiger partial charge in [0.25, 0.3) is 0 Å². The second kappa shape index (κ2) is 7.16. The fraction of sp³-hybridized carbons (Fsp3) is 0.333. The maximum atomic E-state index is 12.3. The van der Waals surface area contributed by atoms with Crippen molar-refractivity contribution >= 4 is 29.2 Å². The van der Waals surface area contributed by atoms with Crippen molar-refractivity contribution < 1.29 is 4.79 Å². The molecule has 0 radical (unpaired) electrons. The van der Waals surface area contributed by atoms with Crippen LogP contribution in [0.25, 0.3) is 0 Å². The highest BCUT2D eigenvalue weighted by molar-refractivity contribution is 7.99. The normalized spacial score (nSPS) is 16.7. The summed E-state index contributed by atoms with van der Waals surface area (Å²) in [6.07, 6.45) is 0. The molecule has 2 aromatic carbocycles. The van der Waals surface area contributed by atoms with Gasteiger partial charge in [-0.25, -0.2) is 4.99 Å². The Kier molecular flexibility index (Phi) is 4.72. The Balaban J connectivity index is 1.65. The average Bonchev–Trinajstić information content (AvgIpc) is 2.84. The summed E-state index contributed by atoms with van der Waals surface area (Å²) in [5.41, 5.74) is 2.20. The molecule has 2 heterocycles. The largest absolute Gasteiger partial charge is 0.353 e. The molecule has 134 valence electrons. The van der Waals surface area contributed by atoms with Gasteiger partial charge in [0.1, 0.15) is 5.84 Å². The van der Waals surface area contributed by atoms with Crippen LogP contribution in [0, 0.1) is 5.92 Å². The van der Waals surface area contributed by atoms with Crippen LogP contribution in [0.1, 0.15) is 19.4 Å². The molecule has 0 unspecified atom stereocenters. The van der Waals surface area contributed by atoms with Crippen LogP contribution in [-0.2, 0) is 4.79 Å². The van der Waals surface area contributed by atoms with E-state index in [2.05, 4.69) is 47.4 Å². The fourth-order valence-electron chi connectivity index (χ4n) is 3.41. The summed E-state index contributed by atoms with van der Waals surface area (Å²) in [6, 6.07) is 16.8. The van der Waals surface area contributed by atoms with Crippen LogP contribution in [-0.4, -0.2) is 47.7 Å². The average molecular weight is 366 g/mol. The van der Waals surface area contributed by atoms with Crippen molar-refractivity contribution in [3.05, 3.63) is 54.1 Å². The standard InChI is InChI=1S/C21H23N3OS/c1-15(2)21(25)24-13-11-23(12-14-24)20-16-7-3-5-9-18(16)26-19-10-6-4-8-17(19)22-20/h3-10,15H,11-14H2,1-2H3. The van der Waals surface area contributed by atoms with Gasteiger partial charge in [0.2, 0.25) is 5.91 Å². The van der Waals surface area contributed by atoms with Gasteiger partial charge in [0.15, 0.2) is 0 Å². The molecule has 0 spiro atoms. The van der Waals surface area contributed by atoms with Crippen molar-refractivity contribution in [2.45, 2.75) is 23.6 Å². The second-order valence-corrected chi connectivity index (χ2v) is 8.05. The van der Waals surface area contributed by atoms with Crippen molar-refractivity contribution in [1.82, 2.24) is 9.80 Å². The molecule has 0 N–H and O–H groups in total. The quantitative estimate of drug-likeness (QED) is 0.765. The molecule has 1 saturated heterocycles. The topological polar surface area (TPSA) is 35.9 Å². The molecule has 5 heteroatoms. The Bertz CT molecular complexity index is 854. The van der Waals surface area contributed by atoms with Crippen molar-refractivity contribution in [1.29, 1.82) is 0 Å². The monoisotopic (exact) mass is 365 g/mol. The smallest absolute Gasteiger partial charge is 0.225 e. The Morgan fingerprint density at radius 3 is 2.35 bits per heavy atom. The molecule has 4 rings (SSSR count). The summed E-state index contributed by atoms with van der Waals surface area (Å²) in [5.74, 6) is 1.32. The van der Waals surface area contributed by atoms with E-state index in [1.165, 1.54) is 15.4 Å². The van der Waals surface area contributed by atoms with Gasteiger partial charge >= 0.3 is 0 Å². The first-order chi connectivity index (χ1) is 12.6. The van der Waals surface area contributed by atoms with Crippen LogP contribution in [0.5, 0.6) is 0 Å². The SMILES string of the molecule is CC(C)C(=O)N1CCN(C2=Nc3ccccc3Sc3ccccc32)CC1. The Hall–Kier alpha value is -2.27. The number of para-hydroxylation sites is 1. The van der Waals surface area contributed by atoms with E-state index < -0.39 is 0 Å². The van der Waals surface area contributed by atoms with Gasteiger partial charge < -0.3 is 9.80 Å². The molecule has 0 aromatic heterocycles. The number of rotatable bonds is 1. The molecule has 26 heavy (non-hydrogen) atoms. The number of amidine groups is 1. The first kappa shape index (κ1) is 17.2. The van der Waals surface area contributed by atoms with E-state index in [4.69, 9.17) is 4.99 Å². The highest BCUT2D eigenvalue weighted by atomic mass is 32.2. The van der Waals surface area contributed by atoms with Gasteiger partial charge in [-0.15, -0.1) is 0 Å². The minimum absolute atomic E-state index is 0.0563. The van der Waals surface area contributed by atoms with Crippen LogP contribution in [0.2, 0.25) is 0 Å². The predicted octanol–water partition coefficient (Wildman–Crippen LogP) is 4.03. The predicted molar refractivity (Wildman–Crippen MR) is 106 cm³/mol. The van der Waals surface area contributed by atoms with E-state index in [0.717, 1.165) is 37.7 Å². The molecule has 0 atom stereocenters. The summed E-state index contributed by atoms with van der Waals surface area (Å²) in [5, 5.41) is 0. The molecule has 4 nitrogen and oxygen atoms in total. The molecule has 1 amide bonds. The van der Waals surface area contributed by atoms with E-state index in [0.29, 0.717) is 0 Å². The van der Waals surface area contributed by atoms with E-state index in [1.807, 2.05) is 24.8 Å². The summed E-state index contributed by atoms with van der Waals surface area (Å²) in [7, 11) is 0. The van der Waals surface area contributed by atoms with Crippen LogP contribution in [0.4, 0.5) is 5.69 Å². The van der Waals surface area contributed by atoms with E-state index >= 15 is 0 Å². The lowest BCUT2D eigenvalue weighted by atomic mass is 10.1. The molecule has 2 aromatic rings. The van der Waals surface area contributed by atoms with Crippen LogP contribution >= 0.6 is 11.8 Å². The van der Waals surface area contributed by atoms with Crippen LogP contribution in [0.3, 0.4) is 0 Å². The number of carbonyl (C=O) groups excluding carboxylic acids is 1. The first-order valence-corrected chi connectivity index (χ1v) is 9.94. The van der Waals surface area contributed by atoms with Gasteiger partial charge in [0.05, 0.1) is 5.69 Å². The lowest BCUT2D eigenvalue weighted by molar-refractivity contribution is -0.135. The third-order valence-corrected chi connectivity index (χ3v) is 5.97. The van der Waals surface area contributed by atoms with Crippen molar-refractivity contribution in [3.63, 3.8) is 0 Å². The number of benzene rings is 2. The zero-order valence-corrected chi connectivity index (χ0v) is 16.0. The Labute approximate surface area is 158 Å². The Morgan fingerprint density at radius 2 is 1.62 bits per heavy atom. The molecular weight excluding hydrogens is 342 g/mol. The lowest BCUT2D eigenvalue weighted by Gasteiger charge is -2.37. The number of nitrogens with zero attached hydrogens (tertiary/aromatic N) is 3. The second-order valence-electron chi connectivity index (χ2n) is 6.97. The van der Waals surface area contributed by atoms with Crippen LogP contribution in [0.15, 0.2) is 63.3 Å². The maximum absolute atomic E-state index is 12.3. The number of amides is 1. The van der Waals surface area contributed by atoms with Gasteiger partial charge in [-0.1, -0.05) is 55.9 Å². The summed E-state index contributed by atoms with van der Waals surface area (Å²) >= 11 is 1.77. The molecule has 1 fully saturated rings. The number of hydrogen-bond donors (Lipinski definition) is 0. The van der Waals surface area contributed by atoms with Crippen molar-refractivity contribution in [3.8, 4) is 0 Å². The van der Waals surface area contributed by atoms with Crippen LogP contribution < -0.4 is 0 Å².